The number of fused-ring (bicyclic) bond motifs is 1. The van der Waals surface area contributed by atoms with Gasteiger partial charge in [0.05, 0.1) is 17.3 Å². The number of hydrogen-bond acceptors (Lipinski definition) is 3. The van der Waals surface area contributed by atoms with Crippen LogP contribution in [0, 0.1) is 0 Å². The summed E-state index contributed by atoms with van der Waals surface area (Å²) in [5.74, 6) is 1.48. The van der Waals surface area contributed by atoms with Gasteiger partial charge in [0.25, 0.3) is 0 Å². The van der Waals surface area contributed by atoms with Crippen molar-refractivity contribution in [2.24, 2.45) is 5.73 Å². The van der Waals surface area contributed by atoms with Crippen molar-refractivity contribution >= 4 is 11.0 Å². The molecule has 2 heterocycles. The number of imidazole rings is 1. The lowest BCUT2D eigenvalue weighted by Gasteiger charge is -2.03. The molecule has 0 amide bonds. The zero-order chi connectivity index (χ0) is 11.8. The van der Waals surface area contributed by atoms with Crippen LogP contribution in [0.25, 0.3) is 22.6 Å². The van der Waals surface area contributed by atoms with Gasteiger partial charge in [-0.2, -0.15) is 0 Å². The first-order valence-electron chi connectivity index (χ1n) is 5.53. The van der Waals surface area contributed by atoms with E-state index in [1.807, 2.05) is 37.3 Å². The smallest absolute Gasteiger partial charge is 0.174 e. The number of aromatic amines is 1. The van der Waals surface area contributed by atoms with Gasteiger partial charge < -0.3 is 15.1 Å². The Morgan fingerprint density at radius 1 is 1.35 bits per heavy atom. The maximum atomic E-state index is 5.85. The fraction of sp³-hybridized carbons (Fsp3) is 0.154. The number of benzene rings is 1. The molecule has 0 bridgehead atoms. The van der Waals surface area contributed by atoms with Crippen molar-refractivity contribution in [1.29, 1.82) is 0 Å². The Bertz CT molecular complexity index is 638. The summed E-state index contributed by atoms with van der Waals surface area (Å²) in [7, 11) is 0. The van der Waals surface area contributed by atoms with E-state index in [1.165, 1.54) is 0 Å². The predicted octanol–water partition coefficient (Wildman–Crippen LogP) is 2.84. The molecule has 0 saturated heterocycles. The Hall–Kier alpha value is -2.07. The number of H-pyrrole nitrogens is 1. The average molecular weight is 227 g/mol. The summed E-state index contributed by atoms with van der Waals surface area (Å²) in [5.41, 5.74) is 8.84. The van der Waals surface area contributed by atoms with E-state index in [-0.39, 0.29) is 6.04 Å². The van der Waals surface area contributed by atoms with Crippen LogP contribution < -0.4 is 5.73 Å². The number of furan rings is 1. The number of rotatable bonds is 2. The molecule has 0 radical (unpaired) electrons. The van der Waals surface area contributed by atoms with E-state index in [0.29, 0.717) is 0 Å². The molecule has 0 spiro atoms. The highest BCUT2D eigenvalue weighted by Crippen LogP contribution is 2.22. The van der Waals surface area contributed by atoms with Gasteiger partial charge in [-0.05, 0) is 36.8 Å². The van der Waals surface area contributed by atoms with Crippen molar-refractivity contribution in [3.05, 3.63) is 42.2 Å². The van der Waals surface area contributed by atoms with Crippen LogP contribution in [0.2, 0.25) is 0 Å². The van der Waals surface area contributed by atoms with Crippen molar-refractivity contribution in [3.8, 4) is 11.6 Å². The molecule has 4 nitrogen and oxygen atoms in total. The van der Waals surface area contributed by atoms with Gasteiger partial charge in [-0.3, -0.25) is 0 Å². The normalized spacial score (nSPS) is 13.1. The number of nitrogens with zero attached hydrogens (tertiary/aromatic N) is 1. The first kappa shape index (κ1) is 10.1. The number of hydrogen-bond donors (Lipinski definition) is 2. The first-order chi connectivity index (χ1) is 8.24. The van der Waals surface area contributed by atoms with Crippen LogP contribution >= 0.6 is 0 Å². The Morgan fingerprint density at radius 2 is 2.24 bits per heavy atom. The second kappa shape index (κ2) is 3.75. The van der Waals surface area contributed by atoms with E-state index in [4.69, 9.17) is 10.2 Å². The first-order valence-corrected chi connectivity index (χ1v) is 5.53. The molecular weight excluding hydrogens is 214 g/mol. The molecule has 17 heavy (non-hydrogen) atoms. The highest BCUT2D eigenvalue weighted by atomic mass is 16.3. The van der Waals surface area contributed by atoms with Crippen LogP contribution in [-0.2, 0) is 0 Å². The molecule has 0 fully saturated rings. The minimum atomic E-state index is 0.0229. The summed E-state index contributed by atoms with van der Waals surface area (Å²) in [6.07, 6.45) is 1.63. The standard InChI is InChI=1S/C13H13N3O/c1-8(14)9-4-5-10-11(7-9)16-13(15-10)12-3-2-6-17-12/h2-8H,14H2,1H3,(H,15,16). The van der Waals surface area contributed by atoms with Gasteiger partial charge in [0.15, 0.2) is 11.6 Å². The zero-order valence-corrected chi connectivity index (χ0v) is 9.47. The van der Waals surface area contributed by atoms with Gasteiger partial charge in [0.2, 0.25) is 0 Å². The van der Waals surface area contributed by atoms with E-state index in [2.05, 4.69) is 9.97 Å². The largest absolute Gasteiger partial charge is 0.461 e. The van der Waals surface area contributed by atoms with Gasteiger partial charge in [0, 0.05) is 6.04 Å². The molecule has 2 aromatic heterocycles. The fourth-order valence-corrected chi connectivity index (χ4v) is 1.84. The molecule has 86 valence electrons. The molecule has 1 unspecified atom stereocenters. The van der Waals surface area contributed by atoms with Gasteiger partial charge in [-0.15, -0.1) is 0 Å². The van der Waals surface area contributed by atoms with Crippen molar-refractivity contribution in [2.45, 2.75) is 13.0 Å². The molecule has 0 aliphatic carbocycles. The lowest BCUT2D eigenvalue weighted by atomic mass is 10.1. The maximum absolute atomic E-state index is 5.85. The molecule has 0 saturated carbocycles. The Labute approximate surface area is 98.5 Å². The minimum absolute atomic E-state index is 0.0229. The predicted molar refractivity (Wildman–Crippen MR) is 66.4 cm³/mol. The van der Waals surface area contributed by atoms with E-state index >= 15 is 0 Å². The number of aromatic nitrogens is 2. The topological polar surface area (TPSA) is 67.8 Å². The van der Waals surface area contributed by atoms with E-state index in [9.17, 15) is 0 Å². The third-order valence-corrected chi connectivity index (χ3v) is 2.79. The summed E-state index contributed by atoms with van der Waals surface area (Å²) >= 11 is 0. The van der Waals surface area contributed by atoms with Crippen LogP contribution in [0.4, 0.5) is 0 Å². The Balaban J connectivity index is 2.13. The number of nitrogens with two attached hydrogens (primary N) is 1. The lowest BCUT2D eigenvalue weighted by molar-refractivity contribution is 0.578. The van der Waals surface area contributed by atoms with Crippen molar-refractivity contribution in [1.82, 2.24) is 9.97 Å². The maximum Gasteiger partial charge on any atom is 0.174 e. The molecule has 0 aliphatic heterocycles. The van der Waals surface area contributed by atoms with E-state index in [1.54, 1.807) is 6.26 Å². The van der Waals surface area contributed by atoms with E-state index in [0.717, 1.165) is 28.2 Å². The molecule has 0 aliphatic rings. The van der Waals surface area contributed by atoms with Gasteiger partial charge >= 0.3 is 0 Å². The molecule has 3 N–H and O–H groups in total. The molecular formula is C13H13N3O. The second-order valence-electron chi connectivity index (χ2n) is 4.13. The summed E-state index contributed by atoms with van der Waals surface area (Å²) < 4.78 is 5.31. The van der Waals surface area contributed by atoms with Crippen LogP contribution in [0.3, 0.4) is 0 Å². The molecule has 3 aromatic rings. The average Bonchev–Trinajstić information content (AvgIpc) is 2.96. The van der Waals surface area contributed by atoms with Crippen LogP contribution in [-0.4, -0.2) is 9.97 Å². The molecule has 1 atom stereocenters. The highest BCUT2D eigenvalue weighted by Gasteiger charge is 2.08. The van der Waals surface area contributed by atoms with Crippen molar-refractivity contribution in [3.63, 3.8) is 0 Å². The molecule has 1 aromatic carbocycles. The minimum Gasteiger partial charge on any atom is -0.461 e. The summed E-state index contributed by atoms with van der Waals surface area (Å²) in [6.45, 7) is 1.96. The van der Waals surface area contributed by atoms with Gasteiger partial charge in [-0.25, -0.2) is 4.98 Å². The van der Waals surface area contributed by atoms with Crippen molar-refractivity contribution in [2.75, 3.05) is 0 Å². The third kappa shape index (κ3) is 1.72. The molecule has 4 heteroatoms. The van der Waals surface area contributed by atoms with Crippen LogP contribution in [0.5, 0.6) is 0 Å². The fourth-order valence-electron chi connectivity index (χ4n) is 1.84. The van der Waals surface area contributed by atoms with E-state index < -0.39 is 0 Å². The van der Waals surface area contributed by atoms with Gasteiger partial charge in [0.1, 0.15) is 0 Å². The lowest BCUT2D eigenvalue weighted by Crippen LogP contribution is -2.04. The second-order valence-corrected chi connectivity index (χ2v) is 4.13. The molecule has 3 rings (SSSR count). The van der Waals surface area contributed by atoms with Crippen LogP contribution in [0.15, 0.2) is 41.0 Å². The monoisotopic (exact) mass is 227 g/mol. The summed E-state index contributed by atoms with van der Waals surface area (Å²) in [4.78, 5) is 7.70. The Kier molecular flexibility index (Phi) is 2.23. The summed E-state index contributed by atoms with van der Waals surface area (Å²) in [6, 6.07) is 9.74. The summed E-state index contributed by atoms with van der Waals surface area (Å²) in [5, 5.41) is 0. The third-order valence-electron chi connectivity index (χ3n) is 2.79. The Morgan fingerprint density at radius 3 is 2.94 bits per heavy atom. The highest BCUT2D eigenvalue weighted by molar-refractivity contribution is 5.79. The van der Waals surface area contributed by atoms with Crippen LogP contribution in [0.1, 0.15) is 18.5 Å². The number of nitrogens with one attached hydrogen (secondary N) is 1. The quantitative estimate of drug-likeness (QED) is 0.707. The zero-order valence-electron chi connectivity index (χ0n) is 9.47. The van der Waals surface area contributed by atoms with Crippen molar-refractivity contribution < 1.29 is 4.42 Å². The SMILES string of the molecule is CC(N)c1ccc2nc(-c3ccco3)[nH]c2c1. The van der Waals surface area contributed by atoms with Gasteiger partial charge in [-0.1, -0.05) is 6.07 Å².